The zero-order valence-corrected chi connectivity index (χ0v) is 19.3. The quantitative estimate of drug-likeness (QED) is 0.416. The molecule has 0 aliphatic carbocycles. The van der Waals surface area contributed by atoms with Crippen LogP contribution in [0.2, 0.25) is 0 Å². The van der Waals surface area contributed by atoms with Crippen LogP contribution in [0, 0.1) is 0 Å². The third-order valence-electron chi connectivity index (χ3n) is 4.17. The van der Waals surface area contributed by atoms with Gasteiger partial charge in [0.25, 0.3) is 5.91 Å². The fourth-order valence-electron chi connectivity index (χ4n) is 2.63. The van der Waals surface area contributed by atoms with Gasteiger partial charge in [0.2, 0.25) is 0 Å². The van der Waals surface area contributed by atoms with Gasteiger partial charge in [0.15, 0.2) is 15.7 Å². The largest absolute Gasteiger partial charge is 0.346 e. The lowest BCUT2D eigenvalue weighted by Crippen LogP contribution is -2.22. The standard InChI is InChI=1S/C19H15BrN6O3S2/c1-31(28,29)15-4-2-12(3-5-15)19-23-10-16(30-19)18(27)22-9-14-11-26(25-24-14)17-8-13(20)6-7-21-17/h2-8,10-11H,9H2,1H3,(H,22,27). The Labute approximate surface area is 190 Å². The molecule has 31 heavy (non-hydrogen) atoms. The van der Waals surface area contributed by atoms with E-state index in [1.807, 2.05) is 6.07 Å². The number of rotatable bonds is 6. The number of carbonyl (C=O) groups excluding carboxylic acids is 1. The van der Waals surface area contributed by atoms with E-state index in [-0.39, 0.29) is 17.3 Å². The molecule has 0 fully saturated rings. The summed E-state index contributed by atoms with van der Waals surface area (Å²) in [5, 5.41) is 11.5. The minimum atomic E-state index is -3.26. The monoisotopic (exact) mass is 518 g/mol. The predicted molar refractivity (Wildman–Crippen MR) is 119 cm³/mol. The fraction of sp³-hybridized carbons (Fsp3) is 0.105. The summed E-state index contributed by atoms with van der Waals surface area (Å²) in [5.41, 5.74) is 1.32. The van der Waals surface area contributed by atoms with Crippen LogP contribution in [0.5, 0.6) is 0 Å². The first-order valence-electron chi connectivity index (χ1n) is 8.87. The van der Waals surface area contributed by atoms with Gasteiger partial charge in [-0.05, 0) is 24.3 Å². The van der Waals surface area contributed by atoms with Gasteiger partial charge in [0.1, 0.15) is 15.6 Å². The number of hydrogen-bond acceptors (Lipinski definition) is 8. The minimum absolute atomic E-state index is 0.198. The molecule has 4 rings (SSSR count). The lowest BCUT2D eigenvalue weighted by atomic mass is 10.2. The first-order valence-corrected chi connectivity index (χ1v) is 12.4. The summed E-state index contributed by atoms with van der Waals surface area (Å²) in [4.78, 5) is 21.6. The number of nitrogens with one attached hydrogen (secondary N) is 1. The average Bonchev–Trinajstić information content (AvgIpc) is 3.42. The molecule has 3 heterocycles. The van der Waals surface area contributed by atoms with E-state index in [1.165, 1.54) is 34.3 Å². The summed E-state index contributed by atoms with van der Waals surface area (Å²) in [7, 11) is -3.26. The van der Waals surface area contributed by atoms with Gasteiger partial charge in [0, 0.05) is 22.5 Å². The van der Waals surface area contributed by atoms with Crippen LogP contribution in [0.25, 0.3) is 16.4 Å². The summed E-state index contributed by atoms with van der Waals surface area (Å²) in [5.74, 6) is 0.320. The molecular formula is C19H15BrN6O3S2. The number of aromatic nitrogens is 5. The van der Waals surface area contributed by atoms with Crippen molar-refractivity contribution in [2.24, 2.45) is 0 Å². The Morgan fingerprint density at radius 1 is 1.19 bits per heavy atom. The average molecular weight is 519 g/mol. The number of thiazole rings is 1. The molecule has 9 nitrogen and oxygen atoms in total. The number of halogens is 1. The second-order valence-corrected chi connectivity index (χ2v) is 10.5. The summed E-state index contributed by atoms with van der Waals surface area (Å²) in [6.45, 7) is 0.198. The molecule has 0 bridgehead atoms. The molecule has 4 aromatic rings. The van der Waals surface area contributed by atoms with Crippen LogP contribution in [-0.2, 0) is 16.4 Å². The Hall–Kier alpha value is -2.96. The molecule has 0 saturated heterocycles. The van der Waals surface area contributed by atoms with Crippen molar-refractivity contribution in [3.8, 4) is 16.4 Å². The van der Waals surface area contributed by atoms with Crippen LogP contribution in [0.3, 0.4) is 0 Å². The van der Waals surface area contributed by atoms with Crippen molar-refractivity contribution in [3.05, 3.63) is 70.0 Å². The van der Waals surface area contributed by atoms with Gasteiger partial charge in [-0.2, -0.15) is 0 Å². The Morgan fingerprint density at radius 2 is 1.97 bits per heavy atom. The van der Waals surface area contributed by atoms with E-state index >= 15 is 0 Å². The van der Waals surface area contributed by atoms with Crippen LogP contribution in [-0.4, -0.2) is 45.5 Å². The summed E-state index contributed by atoms with van der Waals surface area (Å²) >= 11 is 4.60. The van der Waals surface area contributed by atoms with Crippen molar-refractivity contribution in [1.29, 1.82) is 0 Å². The van der Waals surface area contributed by atoms with E-state index in [9.17, 15) is 13.2 Å². The first kappa shape index (κ1) is 21.3. The number of hydrogen-bond donors (Lipinski definition) is 1. The highest BCUT2D eigenvalue weighted by molar-refractivity contribution is 9.10. The van der Waals surface area contributed by atoms with E-state index in [2.05, 4.69) is 41.5 Å². The highest BCUT2D eigenvalue weighted by Gasteiger charge is 2.14. The molecule has 158 valence electrons. The van der Waals surface area contributed by atoms with Gasteiger partial charge in [-0.25, -0.2) is 23.1 Å². The molecule has 0 radical (unpaired) electrons. The van der Waals surface area contributed by atoms with Gasteiger partial charge in [0.05, 0.1) is 23.8 Å². The van der Waals surface area contributed by atoms with Crippen molar-refractivity contribution in [3.63, 3.8) is 0 Å². The molecule has 1 aromatic carbocycles. The van der Waals surface area contributed by atoms with Crippen LogP contribution >= 0.6 is 27.3 Å². The van der Waals surface area contributed by atoms with E-state index in [4.69, 9.17) is 0 Å². The Bertz CT molecular complexity index is 1350. The number of benzene rings is 1. The van der Waals surface area contributed by atoms with E-state index in [0.717, 1.165) is 16.3 Å². The van der Waals surface area contributed by atoms with Gasteiger partial charge < -0.3 is 5.32 Å². The molecule has 0 saturated carbocycles. The van der Waals surface area contributed by atoms with Crippen molar-refractivity contribution in [1.82, 2.24) is 30.3 Å². The number of pyridine rings is 1. The maximum absolute atomic E-state index is 12.5. The zero-order valence-electron chi connectivity index (χ0n) is 16.1. The van der Waals surface area contributed by atoms with Crippen molar-refractivity contribution in [2.45, 2.75) is 11.4 Å². The molecule has 0 spiro atoms. The van der Waals surface area contributed by atoms with Crippen LogP contribution in [0.15, 0.2) is 64.4 Å². The third kappa shape index (κ3) is 5.03. The van der Waals surface area contributed by atoms with Crippen LogP contribution in [0.4, 0.5) is 0 Å². The minimum Gasteiger partial charge on any atom is -0.346 e. The number of nitrogens with zero attached hydrogens (tertiary/aromatic N) is 5. The Balaban J connectivity index is 1.41. The molecule has 3 aromatic heterocycles. The summed E-state index contributed by atoms with van der Waals surface area (Å²) < 4.78 is 25.6. The normalized spacial score (nSPS) is 11.4. The third-order valence-corrected chi connectivity index (χ3v) is 6.84. The van der Waals surface area contributed by atoms with Gasteiger partial charge >= 0.3 is 0 Å². The molecule has 0 aliphatic heterocycles. The van der Waals surface area contributed by atoms with E-state index in [0.29, 0.717) is 21.4 Å². The van der Waals surface area contributed by atoms with Crippen molar-refractivity contribution in [2.75, 3.05) is 6.26 Å². The molecule has 1 N–H and O–H groups in total. The summed E-state index contributed by atoms with van der Waals surface area (Å²) in [6, 6.07) is 10.0. The molecular weight excluding hydrogens is 504 g/mol. The number of carbonyl (C=O) groups is 1. The fourth-order valence-corrected chi connectivity index (χ4v) is 4.42. The second kappa shape index (κ2) is 8.65. The van der Waals surface area contributed by atoms with Crippen LogP contribution in [0.1, 0.15) is 15.4 Å². The van der Waals surface area contributed by atoms with Crippen molar-refractivity contribution < 1.29 is 13.2 Å². The SMILES string of the molecule is CS(=O)(=O)c1ccc(-c2ncc(C(=O)NCc3cn(-c4cc(Br)ccn4)nn3)s2)cc1. The summed E-state index contributed by atoms with van der Waals surface area (Å²) in [6.07, 6.45) is 5.99. The highest BCUT2D eigenvalue weighted by Crippen LogP contribution is 2.26. The van der Waals surface area contributed by atoms with Crippen LogP contribution < -0.4 is 5.32 Å². The van der Waals surface area contributed by atoms with Gasteiger partial charge in [-0.15, -0.1) is 16.4 Å². The number of sulfone groups is 1. The maximum atomic E-state index is 12.5. The lowest BCUT2D eigenvalue weighted by molar-refractivity contribution is 0.0954. The van der Waals surface area contributed by atoms with Gasteiger partial charge in [-0.3, -0.25) is 4.79 Å². The molecule has 0 unspecified atom stereocenters. The molecule has 0 aliphatic rings. The number of amides is 1. The first-order chi connectivity index (χ1) is 14.8. The van der Waals surface area contributed by atoms with E-state index < -0.39 is 9.84 Å². The molecule has 1 amide bonds. The van der Waals surface area contributed by atoms with E-state index in [1.54, 1.807) is 30.6 Å². The lowest BCUT2D eigenvalue weighted by Gasteiger charge is -2.01. The molecule has 12 heteroatoms. The Kier molecular flexibility index (Phi) is 5.94. The Morgan fingerprint density at radius 3 is 2.68 bits per heavy atom. The second-order valence-electron chi connectivity index (χ2n) is 6.50. The smallest absolute Gasteiger partial charge is 0.263 e. The maximum Gasteiger partial charge on any atom is 0.263 e. The highest BCUT2D eigenvalue weighted by atomic mass is 79.9. The zero-order chi connectivity index (χ0) is 22.0. The van der Waals surface area contributed by atoms with Crippen molar-refractivity contribution >= 4 is 43.0 Å². The topological polar surface area (TPSA) is 120 Å². The predicted octanol–water partition coefficient (Wildman–Crippen LogP) is 2.88. The van der Waals surface area contributed by atoms with Gasteiger partial charge in [-0.1, -0.05) is 33.3 Å². The molecule has 0 atom stereocenters.